The van der Waals surface area contributed by atoms with Crippen LogP contribution in [-0.4, -0.2) is 31.6 Å². The molecule has 100 valence electrons. The second-order valence-corrected chi connectivity index (χ2v) is 5.09. The maximum atomic E-state index is 13.2. The van der Waals surface area contributed by atoms with Gasteiger partial charge in [0.1, 0.15) is 5.82 Å². The Balaban J connectivity index is 1.88. The molecule has 1 unspecified atom stereocenters. The fraction of sp³-hybridized carbons (Fsp3) is 0.600. The van der Waals surface area contributed by atoms with Gasteiger partial charge < -0.3 is 10.2 Å². The molecule has 1 N–H and O–H groups in total. The molecule has 1 aliphatic rings. The van der Waals surface area contributed by atoms with Gasteiger partial charge in [-0.1, -0.05) is 18.6 Å². The molecule has 0 amide bonds. The van der Waals surface area contributed by atoms with Gasteiger partial charge in [0, 0.05) is 6.04 Å². The number of hydrogen-bond donors (Lipinski definition) is 1. The Labute approximate surface area is 109 Å². The number of likely N-dealkylation sites (tertiary alicyclic amines) is 1. The first-order valence-electron chi connectivity index (χ1n) is 6.94. The summed E-state index contributed by atoms with van der Waals surface area (Å²) in [5, 5.41) is 3.29. The van der Waals surface area contributed by atoms with Crippen molar-refractivity contribution in [2.24, 2.45) is 0 Å². The van der Waals surface area contributed by atoms with E-state index < -0.39 is 0 Å². The van der Waals surface area contributed by atoms with Crippen molar-refractivity contribution in [3.63, 3.8) is 0 Å². The lowest BCUT2D eigenvalue weighted by atomic mass is 10.0. The molecule has 0 aromatic heterocycles. The van der Waals surface area contributed by atoms with Crippen LogP contribution >= 0.6 is 0 Å². The summed E-state index contributed by atoms with van der Waals surface area (Å²) in [6.07, 6.45) is 5.06. The Morgan fingerprint density at radius 2 is 2.06 bits per heavy atom. The molecule has 1 aromatic rings. The zero-order valence-electron chi connectivity index (χ0n) is 11.2. The summed E-state index contributed by atoms with van der Waals surface area (Å²) in [5.41, 5.74) is 1.05. The Hall–Kier alpha value is -0.930. The Morgan fingerprint density at radius 3 is 2.72 bits per heavy atom. The minimum atomic E-state index is -0.147. The third kappa shape index (κ3) is 3.79. The van der Waals surface area contributed by atoms with Crippen molar-refractivity contribution in [2.45, 2.75) is 31.7 Å². The highest BCUT2D eigenvalue weighted by Gasteiger charge is 2.14. The van der Waals surface area contributed by atoms with E-state index in [1.165, 1.54) is 38.4 Å². The fourth-order valence-corrected chi connectivity index (χ4v) is 2.70. The van der Waals surface area contributed by atoms with Crippen LogP contribution in [0, 0.1) is 5.82 Å². The first-order valence-corrected chi connectivity index (χ1v) is 6.94. The lowest BCUT2D eigenvalue weighted by Gasteiger charge is -2.28. The van der Waals surface area contributed by atoms with Crippen molar-refractivity contribution in [3.05, 3.63) is 35.6 Å². The molecule has 0 bridgehead atoms. The van der Waals surface area contributed by atoms with Gasteiger partial charge in [0.2, 0.25) is 0 Å². The second kappa shape index (κ2) is 6.86. The van der Waals surface area contributed by atoms with Crippen molar-refractivity contribution >= 4 is 0 Å². The van der Waals surface area contributed by atoms with Crippen LogP contribution in [0.25, 0.3) is 0 Å². The van der Waals surface area contributed by atoms with Crippen molar-refractivity contribution < 1.29 is 4.39 Å². The van der Waals surface area contributed by atoms with Crippen LogP contribution in [0.2, 0.25) is 0 Å². The molecule has 1 aromatic carbocycles. The standard InChI is InChI=1S/C15H23FN2/c1-17-15(13-6-5-7-14(16)12-13)8-11-18-9-3-2-4-10-18/h5-7,12,15,17H,2-4,8-11H2,1H3. The molecule has 2 nitrogen and oxygen atoms in total. The quantitative estimate of drug-likeness (QED) is 0.864. The second-order valence-electron chi connectivity index (χ2n) is 5.09. The molecule has 1 heterocycles. The predicted molar refractivity (Wildman–Crippen MR) is 73.1 cm³/mol. The zero-order valence-corrected chi connectivity index (χ0v) is 11.2. The third-order valence-corrected chi connectivity index (χ3v) is 3.78. The van der Waals surface area contributed by atoms with E-state index in [1.807, 2.05) is 13.1 Å². The number of piperidine rings is 1. The maximum Gasteiger partial charge on any atom is 0.123 e. The smallest absolute Gasteiger partial charge is 0.123 e. The van der Waals surface area contributed by atoms with E-state index in [2.05, 4.69) is 10.2 Å². The van der Waals surface area contributed by atoms with Crippen molar-refractivity contribution in [1.29, 1.82) is 0 Å². The Morgan fingerprint density at radius 1 is 1.28 bits per heavy atom. The molecule has 0 aliphatic carbocycles. The highest BCUT2D eigenvalue weighted by molar-refractivity contribution is 5.20. The van der Waals surface area contributed by atoms with Gasteiger partial charge in [-0.15, -0.1) is 0 Å². The summed E-state index contributed by atoms with van der Waals surface area (Å²) in [6.45, 7) is 3.54. The normalized spacial score (nSPS) is 18.8. The first-order chi connectivity index (χ1) is 8.79. The minimum Gasteiger partial charge on any atom is -0.313 e. The Kier molecular flexibility index (Phi) is 5.14. The van der Waals surface area contributed by atoms with Crippen LogP contribution < -0.4 is 5.32 Å². The summed E-state index contributed by atoms with van der Waals surface area (Å²) in [6, 6.07) is 7.18. The molecule has 1 atom stereocenters. The van der Waals surface area contributed by atoms with E-state index in [0.29, 0.717) is 0 Å². The van der Waals surface area contributed by atoms with Gasteiger partial charge in [-0.05, 0) is 63.6 Å². The van der Waals surface area contributed by atoms with Gasteiger partial charge in [0.25, 0.3) is 0 Å². The lowest BCUT2D eigenvalue weighted by molar-refractivity contribution is 0.218. The molecular formula is C15H23FN2. The summed E-state index contributed by atoms with van der Waals surface area (Å²) in [7, 11) is 1.95. The molecule has 1 fully saturated rings. The maximum absolute atomic E-state index is 13.2. The third-order valence-electron chi connectivity index (χ3n) is 3.78. The van der Waals surface area contributed by atoms with Gasteiger partial charge >= 0.3 is 0 Å². The molecule has 2 rings (SSSR count). The average molecular weight is 250 g/mol. The van der Waals surface area contributed by atoms with Gasteiger partial charge in [0.05, 0.1) is 0 Å². The predicted octanol–water partition coefficient (Wildman–Crippen LogP) is 2.96. The van der Waals surface area contributed by atoms with E-state index in [-0.39, 0.29) is 11.9 Å². The number of rotatable bonds is 5. The van der Waals surface area contributed by atoms with E-state index >= 15 is 0 Å². The van der Waals surface area contributed by atoms with E-state index in [4.69, 9.17) is 0 Å². The average Bonchev–Trinajstić information content (AvgIpc) is 2.41. The highest BCUT2D eigenvalue weighted by Crippen LogP contribution is 2.19. The van der Waals surface area contributed by atoms with E-state index in [0.717, 1.165) is 18.5 Å². The SMILES string of the molecule is CNC(CCN1CCCCC1)c1cccc(F)c1. The van der Waals surface area contributed by atoms with Crippen LogP contribution in [0.1, 0.15) is 37.3 Å². The topological polar surface area (TPSA) is 15.3 Å². The molecule has 0 spiro atoms. The molecule has 18 heavy (non-hydrogen) atoms. The summed E-state index contributed by atoms with van der Waals surface area (Å²) < 4.78 is 13.2. The van der Waals surface area contributed by atoms with Crippen LogP contribution in [0.4, 0.5) is 4.39 Å². The number of benzene rings is 1. The van der Waals surface area contributed by atoms with Crippen LogP contribution in [0.15, 0.2) is 24.3 Å². The fourth-order valence-electron chi connectivity index (χ4n) is 2.70. The van der Waals surface area contributed by atoms with E-state index in [9.17, 15) is 4.39 Å². The van der Waals surface area contributed by atoms with Crippen LogP contribution in [0.3, 0.4) is 0 Å². The van der Waals surface area contributed by atoms with Crippen LogP contribution in [0.5, 0.6) is 0 Å². The van der Waals surface area contributed by atoms with Gasteiger partial charge in [-0.3, -0.25) is 0 Å². The van der Waals surface area contributed by atoms with E-state index in [1.54, 1.807) is 12.1 Å². The zero-order chi connectivity index (χ0) is 12.8. The monoisotopic (exact) mass is 250 g/mol. The van der Waals surface area contributed by atoms with Crippen molar-refractivity contribution in [2.75, 3.05) is 26.7 Å². The van der Waals surface area contributed by atoms with Crippen molar-refractivity contribution in [1.82, 2.24) is 10.2 Å². The summed E-state index contributed by atoms with van der Waals surface area (Å²) in [4.78, 5) is 2.52. The summed E-state index contributed by atoms with van der Waals surface area (Å²) >= 11 is 0. The molecule has 1 saturated heterocycles. The van der Waals surface area contributed by atoms with Crippen LogP contribution in [-0.2, 0) is 0 Å². The molecule has 0 saturated carbocycles. The molecular weight excluding hydrogens is 227 g/mol. The highest BCUT2D eigenvalue weighted by atomic mass is 19.1. The Bertz CT molecular complexity index is 361. The number of halogens is 1. The number of nitrogens with zero attached hydrogens (tertiary/aromatic N) is 1. The minimum absolute atomic E-state index is 0.147. The van der Waals surface area contributed by atoms with Gasteiger partial charge in [-0.2, -0.15) is 0 Å². The first kappa shape index (κ1) is 13.5. The number of hydrogen-bond acceptors (Lipinski definition) is 2. The van der Waals surface area contributed by atoms with Gasteiger partial charge in [0.15, 0.2) is 0 Å². The summed E-state index contributed by atoms with van der Waals surface area (Å²) in [5.74, 6) is -0.147. The van der Waals surface area contributed by atoms with Crippen molar-refractivity contribution in [3.8, 4) is 0 Å². The molecule has 0 radical (unpaired) electrons. The van der Waals surface area contributed by atoms with Gasteiger partial charge in [-0.25, -0.2) is 4.39 Å². The lowest BCUT2D eigenvalue weighted by Crippen LogP contribution is -2.32. The molecule has 1 aliphatic heterocycles. The molecule has 3 heteroatoms. The number of nitrogens with one attached hydrogen (secondary N) is 1. The largest absolute Gasteiger partial charge is 0.313 e.